The molecule has 2 aromatic rings. The van der Waals surface area contributed by atoms with Crippen molar-refractivity contribution >= 4 is 5.91 Å². The summed E-state index contributed by atoms with van der Waals surface area (Å²) in [6.45, 7) is 10.7. The fourth-order valence-electron chi connectivity index (χ4n) is 3.94. The highest BCUT2D eigenvalue weighted by molar-refractivity contribution is 5.76. The van der Waals surface area contributed by atoms with E-state index in [0.29, 0.717) is 6.42 Å². The first-order chi connectivity index (χ1) is 13.3. The van der Waals surface area contributed by atoms with E-state index >= 15 is 0 Å². The summed E-state index contributed by atoms with van der Waals surface area (Å²) in [5.41, 5.74) is 4.34. The topological polar surface area (TPSA) is 50.2 Å². The van der Waals surface area contributed by atoms with Crippen molar-refractivity contribution in [3.63, 3.8) is 0 Å². The minimum absolute atomic E-state index is 0.0421. The molecule has 28 heavy (non-hydrogen) atoms. The monoisotopic (exact) mass is 386 g/mol. The number of benzene rings is 1. The van der Waals surface area contributed by atoms with Crippen LogP contribution in [0.2, 0.25) is 0 Å². The Labute approximate surface area is 166 Å². The summed E-state index contributed by atoms with van der Waals surface area (Å²) in [7, 11) is 0. The maximum Gasteiger partial charge on any atom is 0.222 e. The van der Waals surface area contributed by atoms with E-state index in [2.05, 4.69) is 29.2 Å². The van der Waals surface area contributed by atoms with E-state index in [9.17, 15) is 9.18 Å². The Morgan fingerprint density at radius 1 is 1.29 bits per heavy atom. The highest BCUT2D eigenvalue weighted by Gasteiger charge is 2.22. The molecule has 1 atom stereocenters. The van der Waals surface area contributed by atoms with Crippen molar-refractivity contribution in [2.75, 3.05) is 13.1 Å². The molecule has 5 nitrogen and oxygen atoms in total. The van der Waals surface area contributed by atoms with Crippen LogP contribution in [0.15, 0.2) is 24.3 Å². The molecule has 3 rings (SSSR count). The van der Waals surface area contributed by atoms with Crippen LogP contribution in [0.5, 0.6) is 0 Å². The van der Waals surface area contributed by atoms with Crippen LogP contribution in [0.25, 0.3) is 0 Å². The average molecular weight is 387 g/mol. The number of carbonyl (C=O) groups excluding carboxylic acids is 1. The van der Waals surface area contributed by atoms with Crippen LogP contribution in [-0.4, -0.2) is 39.7 Å². The third-order valence-electron chi connectivity index (χ3n) is 5.83. The molecule has 0 bridgehead atoms. The van der Waals surface area contributed by atoms with Gasteiger partial charge in [-0.15, -0.1) is 0 Å². The fraction of sp³-hybridized carbons (Fsp3) is 0.545. The number of nitrogens with one attached hydrogen (secondary N) is 1. The first kappa shape index (κ1) is 20.5. The molecule has 1 saturated heterocycles. The molecule has 1 aliphatic rings. The Bertz CT molecular complexity index is 824. The zero-order valence-electron chi connectivity index (χ0n) is 17.3. The van der Waals surface area contributed by atoms with Gasteiger partial charge in [-0.3, -0.25) is 14.4 Å². The minimum atomic E-state index is -0.188. The van der Waals surface area contributed by atoms with E-state index < -0.39 is 0 Å². The second-order valence-corrected chi connectivity index (χ2v) is 8.04. The van der Waals surface area contributed by atoms with Crippen LogP contribution in [0.3, 0.4) is 0 Å². The van der Waals surface area contributed by atoms with Gasteiger partial charge in [-0.25, -0.2) is 4.39 Å². The van der Waals surface area contributed by atoms with Crippen LogP contribution >= 0.6 is 0 Å². The van der Waals surface area contributed by atoms with Gasteiger partial charge in [0.05, 0.1) is 11.7 Å². The standard InChI is InChI=1S/C22H31FN4O/c1-15(27-18(4)16(2)17(3)25-27)12-22(28)24-21-8-10-26(11-9-21)14-19-6-5-7-20(23)13-19/h5-7,13,15,21H,8-12,14H2,1-4H3,(H,24,28). The Morgan fingerprint density at radius 3 is 2.61 bits per heavy atom. The van der Waals surface area contributed by atoms with Crippen molar-refractivity contribution < 1.29 is 9.18 Å². The van der Waals surface area contributed by atoms with Crippen LogP contribution in [0.4, 0.5) is 4.39 Å². The highest BCUT2D eigenvalue weighted by atomic mass is 19.1. The summed E-state index contributed by atoms with van der Waals surface area (Å²) < 4.78 is 15.3. The summed E-state index contributed by atoms with van der Waals surface area (Å²) in [6, 6.07) is 7.03. The summed E-state index contributed by atoms with van der Waals surface area (Å²) >= 11 is 0. The zero-order valence-corrected chi connectivity index (χ0v) is 17.3. The molecular weight excluding hydrogens is 355 g/mol. The number of hydrogen-bond donors (Lipinski definition) is 1. The molecule has 1 fully saturated rings. The fourth-order valence-corrected chi connectivity index (χ4v) is 3.94. The lowest BCUT2D eigenvalue weighted by molar-refractivity contribution is -0.122. The Balaban J connectivity index is 1.45. The van der Waals surface area contributed by atoms with E-state index in [-0.39, 0.29) is 23.8 Å². The molecule has 0 spiro atoms. The number of carbonyl (C=O) groups is 1. The Morgan fingerprint density at radius 2 is 2.00 bits per heavy atom. The van der Waals surface area contributed by atoms with Crippen molar-refractivity contribution in [2.45, 2.75) is 65.6 Å². The molecule has 1 amide bonds. The summed E-state index contributed by atoms with van der Waals surface area (Å²) in [5, 5.41) is 7.76. The highest BCUT2D eigenvalue weighted by Crippen LogP contribution is 2.19. The summed E-state index contributed by atoms with van der Waals surface area (Å²) in [4.78, 5) is 14.8. The Kier molecular flexibility index (Phi) is 6.50. The van der Waals surface area contributed by atoms with Crippen LogP contribution in [0, 0.1) is 26.6 Å². The number of amides is 1. The number of aryl methyl sites for hydroxylation is 1. The number of hydrogen-bond acceptors (Lipinski definition) is 3. The minimum Gasteiger partial charge on any atom is -0.353 e. The van der Waals surface area contributed by atoms with Gasteiger partial charge in [0.2, 0.25) is 5.91 Å². The van der Waals surface area contributed by atoms with Gasteiger partial charge in [0.25, 0.3) is 0 Å². The molecule has 1 aliphatic heterocycles. The van der Waals surface area contributed by atoms with Crippen molar-refractivity contribution in [2.24, 2.45) is 0 Å². The average Bonchev–Trinajstić information content (AvgIpc) is 2.91. The van der Waals surface area contributed by atoms with Gasteiger partial charge in [-0.1, -0.05) is 12.1 Å². The van der Waals surface area contributed by atoms with E-state index in [1.807, 2.05) is 24.6 Å². The molecule has 0 aliphatic carbocycles. The van der Waals surface area contributed by atoms with E-state index in [1.165, 1.54) is 11.6 Å². The van der Waals surface area contributed by atoms with Gasteiger partial charge < -0.3 is 5.32 Å². The van der Waals surface area contributed by atoms with Crippen molar-refractivity contribution in [3.05, 3.63) is 52.6 Å². The van der Waals surface area contributed by atoms with Crippen molar-refractivity contribution in [3.8, 4) is 0 Å². The third-order valence-corrected chi connectivity index (χ3v) is 5.83. The van der Waals surface area contributed by atoms with Gasteiger partial charge in [0.1, 0.15) is 5.82 Å². The Hall–Kier alpha value is -2.21. The van der Waals surface area contributed by atoms with Crippen LogP contribution < -0.4 is 5.32 Å². The molecule has 1 N–H and O–H groups in total. The lowest BCUT2D eigenvalue weighted by Gasteiger charge is -2.32. The summed E-state index contributed by atoms with van der Waals surface area (Å²) in [5.74, 6) is -0.104. The number of halogens is 1. The first-order valence-corrected chi connectivity index (χ1v) is 10.1. The maximum absolute atomic E-state index is 13.3. The number of aromatic nitrogens is 2. The van der Waals surface area contributed by atoms with Gasteiger partial charge in [0.15, 0.2) is 0 Å². The normalized spacial score (nSPS) is 16.9. The molecule has 152 valence electrons. The number of likely N-dealkylation sites (tertiary alicyclic amines) is 1. The quantitative estimate of drug-likeness (QED) is 0.824. The van der Waals surface area contributed by atoms with Crippen LogP contribution in [-0.2, 0) is 11.3 Å². The van der Waals surface area contributed by atoms with E-state index in [0.717, 1.165) is 49.4 Å². The molecule has 1 unspecified atom stereocenters. The molecule has 0 radical (unpaired) electrons. The van der Waals surface area contributed by atoms with Gasteiger partial charge >= 0.3 is 0 Å². The van der Waals surface area contributed by atoms with E-state index in [1.54, 1.807) is 12.1 Å². The molecule has 1 aromatic heterocycles. The SMILES string of the molecule is Cc1nn(C(C)CC(=O)NC2CCN(Cc3cccc(F)c3)CC2)c(C)c1C. The zero-order chi connectivity index (χ0) is 20.3. The number of rotatable bonds is 6. The molecule has 6 heteroatoms. The van der Waals surface area contributed by atoms with Crippen molar-refractivity contribution in [1.29, 1.82) is 0 Å². The van der Waals surface area contributed by atoms with Gasteiger partial charge in [-0.05, 0) is 63.8 Å². The van der Waals surface area contributed by atoms with Gasteiger partial charge in [0, 0.05) is 37.8 Å². The molecule has 0 saturated carbocycles. The molecule has 1 aromatic carbocycles. The first-order valence-electron chi connectivity index (χ1n) is 10.1. The molecule has 2 heterocycles. The summed E-state index contributed by atoms with van der Waals surface area (Å²) in [6.07, 6.45) is 2.29. The largest absolute Gasteiger partial charge is 0.353 e. The van der Waals surface area contributed by atoms with E-state index in [4.69, 9.17) is 0 Å². The third kappa shape index (κ3) is 4.98. The predicted molar refractivity (Wildman–Crippen MR) is 109 cm³/mol. The molecular formula is C22H31FN4O. The number of nitrogens with zero attached hydrogens (tertiary/aromatic N) is 3. The lowest BCUT2D eigenvalue weighted by atomic mass is 10.0. The maximum atomic E-state index is 13.3. The number of piperidine rings is 1. The predicted octanol–water partition coefficient (Wildman–Crippen LogP) is 3.68. The smallest absolute Gasteiger partial charge is 0.222 e. The lowest BCUT2D eigenvalue weighted by Crippen LogP contribution is -2.44. The van der Waals surface area contributed by atoms with Crippen LogP contribution in [0.1, 0.15) is 54.7 Å². The van der Waals surface area contributed by atoms with Crippen molar-refractivity contribution in [1.82, 2.24) is 20.0 Å². The van der Waals surface area contributed by atoms with Gasteiger partial charge in [-0.2, -0.15) is 5.10 Å². The second-order valence-electron chi connectivity index (χ2n) is 8.04. The second kappa shape index (κ2) is 8.86.